The highest BCUT2D eigenvalue weighted by atomic mass is 15.1. The Morgan fingerprint density at radius 1 is 1.43 bits per heavy atom. The van der Waals surface area contributed by atoms with Gasteiger partial charge in [-0.1, -0.05) is 26.0 Å². The quantitative estimate of drug-likeness (QED) is 0.686. The SMILES string of the molecule is CC(C)C1C=C(N)C=C2C1C=CN2C. The van der Waals surface area contributed by atoms with Crippen LogP contribution in [0.1, 0.15) is 13.8 Å². The van der Waals surface area contributed by atoms with Crippen LogP contribution in [0.2, 0.25) is 0 Å². The largest absolute Gasteiger partial charge is 0.399 e. The predicted octanol–water partition coefficient (Wildman–Crippen LogP) is 2.07. The van der Waals surface area contributed by atoms with E-state index in [0.717, 1.165) is 5.70 Å². The van der Waals surface area contributed by atoms with Crippen LogP contribution in [-0.2, 0) is 0 Å². The number of nitrogens with two attached hydrogens (primary N) is 1. The van der Waals surface area contributed by atoms with Crippen molar-refractivity contribution >= 4 is 0 Å². The van der Waals surface area contributed by atoms with E-state index < -0.39 is 0 Å². The van der Waals surface area contributed by atoms with E-state index in [1.165, 1.54) is 5.70 Å². The highest BCUT2D eigenvalue weighted by Crippen LogP contribution is 2.38. The monoisotopic (exact) mass is 190 g/mol. The molecule has 0 bridgehead atoms. The van der Waals surface area contributed by atoms with Gasteiger partial charge in [-0.05, 0) is 17.9 Å². The maximum atomic E-state index is 5.91. The molecule has 76 valence electrons. The fourth-order valence-electron chi connectivity index (χ4n) is 2.32. The molecule has 2 rings (SSSR count). The molecule has 0 aromatic rings. The van der Waals surface area contributed by atoms with Crippen molar-refractivity contribution in [2.24, 2.45) is 23.5 Å². The van der Waals surface area contributed by atoms with E-state index in [0.29, 0.717) is 17.8 Å². The summed E-state index contributed by atoms with van der Waals surface area (Å²) in [5.74, 6) is 1.72. The molecule has 0 aromatic carbocycles. The van der Waals surface area contributed by atoms with Crippen molar-refractivity contribution in [1.29, 1.82) is 0 Å². The van der Waals surface area contributed by atoms with Gasteiger partial charge in [0.1, 0.15) is 0 Å². The fraction of sp³-hybridized carbons (Fsp3) is 0.500. The summed E-state index contributed by atoms with van der Waals surface area (Å²) in [6, 6.07) is 0. The minimum atomic E-state index is 0.535. The zero-order valence-electron chi connectivity index (χ0n) is 9.07. The summed E-state index contributed by atoms with van der Waals surface area (Å²) in [5, 5.41) is 0. The second-order valence-electron chi connectivity index (χ2n) is 4.54. The molecule has 1 aliphatic carbocycles. The lowest BCUT2D eigenvalue weighted by Crippen LogP contribution is -2.25. The zero-order valence-corrected chi connectivity index (χ0v) is 9.07. The minimum absolute atomic E-state index is 0.535. The Bertz CT molecular complexity index is 323. The molecule has 2 unspecified atom stereocenters. The first-order valence-corrected chi connectivity index (χ1v) is 5.19. The van der Waals surface area contributed by atoms with Crippen LogP contribution in [-0.4, -0.2) is 11.9 Å². The number of allylic oxidation sites excluding steroid dienone is 3. The molecule has 2 nitrogen and oxygen atoms in total. The number of nitrogens with zero attached hydrogens (tertiary/aromatic N) is 1. The van der Waals surface area contributed by atoms with Gasteiger partial charge < -0.3 is 10.6 Å². The van der Waals surface area contributed by atoms with Gasteiger partial charge in [-0.2, -0.15) is 0 Å². The fourth-order valence-corrected chi connectivity index (χ4v) is 2.32. The van der Waals surface area contributed by atoms with Crippen molar-refractivity contribution in [3.8, 4) is 0 Å². The Morgan fingerprint density at radius 3 is 2.79 bits per heavy atom. The first kappa shape index (κ1) is 9.38. The molecule has 0 saturated carbocycles. The van der Waals surface area contributed by atoms with Gasteiger partial charge in [0.25, 0.3) is 0 Å². The van der Waals surface area contributed by atoms with E-state index in [9.17, 15) is 0 Å². The Labute approximate surface area is 85.8 Å². The van der Waals surface area contributed by atoms with Crippen molar-refractivity contribution in [1.82, 2.24) is 4.90 Å². The summed E-state index contributed by atoms with van der Waals surface area (Å²) in [6.07, 6.45) is 8.70. The molecule has 0 amide bonds. The number of hydrogen-bond acceptors (Lipinski definition) is 2. The smallest absolute Gasteiger partial charge is 0.0294 e. The summed E-state index contributed by atoms with van der Waals surface area (Å²) in [4.78, 5) is 2.17. The van der Waals surface area contributed by atoms with E-state index in [2.05, 4.69) is 50.2 Å². The standard InChI is InChI=1S/C12H18N2/c1-8(2)11-6-9(13)7-12-10(11)4-5-14(12)3/h4-8,10-11H,13H2,1-3H3. The van der Waals surface area contributed by atoms with Gasteiger partial charge in [-0.3, -0.25) is 0 Å². The summed E-state index contributed by atoms with van der Waals surface area (Å²) < 4.78 is 0. The molecule has 0 radical (unpaired) electrons. The molecule has 1 heterocycles. The van der Waals surface area contributed by atoms with Crippen LogP contribution in [0.3, 0.4) is 0 Å². The van der Waals surface area contributed by atoms with Gasteiger partial charge in [-0.15, -0.1) is 0 Å². The van der Waals surface area contributed by atoms with Crippen LogP contribution in [0.4, 0.5) is 0 Å². The van der Waals surface area contributed by atoms with E-state index in [4.69, 9.17) is 5.73 Å². The van der Waals surface area contributed by atoms with Gasteiger partial charge >= 0.3 is 0 Å². The lowest BCUT2D eigenvalue weighted by molar-refractivity contribution is 0.366. The number of fused-ring (bicyclic) bond motifs is 1. The van der Waals surface area contributed by atoms with Crippen LogP contribution < -0.4 is 5.73 Å². The Hall–Kier alpha value is -1.18. The van der Waals surface area contributed by atoms with Crippen molar-refractivity contribution < 1.29 is 0 Å². The Balaban J connectivity index is 2.34. The Kier molecular flexibility index (Phi) is 2.14. The highest BCUT2D eigenvalue weighted by Gasteiger charge is 2.31. The minimum Gasteiger partial charge on any atom is -0.399 e. The van der Waals surface area contributed by atoms with Crippen molar-refractivity contribution in [2.45, 2.75) is 13.8 Å². The second kappa shape index (κ2) is 3.19. The third-order valence-corrected chi connectivity index (χ3v) is 3.15. The summed E-state index contributed by atoms with van der Waals surface area (Å²) >= 11 is 0. The highest BCUT2D eigenvalue weighted by molar-refractivity contribution is 5.35. The lowest BCUT2D eigenvalue weighted by Gasteiger charge is -2.30. The molecular weight excluding hydrogens is 172 g/mol. The lowest BCUT2D eigenvalue weighted by atomic mass is 9.79. The van der Waals surface area contributed by atoms with Gasteiger partial charge in [0.15, 0.2) is 0 Å². The summed E-state index contributed by atoms with van der Waals surface area (Å²) in [6.45, 7) is 4.51. The van der Waals surface area contributed by atoms with E-state index >= 15 is 0 Å². The molecule has 2 N–H and O–H groups in total. The molecule has 0 aromatic heterocycles. The van der Waals surface area contributed by atoms with Crippen LogP contribution >= 0.6 is 0 Å². The third kappa shape index (κ3) is 1.35. The van der Waals surface area contributed by atoms with Gasteiger partial charge in [0, 0.05) is 30.6 Å². The average molecular weight is 190 g/mol. The first-order valence-electron chi connectivity index (χ1n) is 5.19. The van der Waals surface area contributed by atoms with Crippen LogP contribution in [0, 0.1) is 17.8 Å². The molecule has 0 saturated heterocycles. The van der Waals surface area contributed by atoms with Crippen molar-refractivity contribution in [3.05, 3.63) is 35.8 Å². The third-order valence-electron chi connectivity index (χ3n) is 3.15. The second-order valence-corrected chi connectivity index (χ2v) is 4.54. The Morgan fingerprint density at radius 2 is 2.14 bits per heavy atom. The average Bonchev–Trinajstić information content (AvgIpc) is 2.47. The predicted molar refractivity (Wildman–Crippen MR) is 59.1 cm³/mol. The molecule has 14 heavy (non-hydrogen) atoms. The first-order chi connectivity index (χ1) is 6.59. The van der Waals surface area contributed by atoms with E-state index in [1.807, 2.05) is 0 Å². The maximum Gasteiger partial charge on any atom is 0.0294 e. The molecule has 2 heteroatoms. The normalized spacial score (nSPS) is 30.4. The molecular formula is C12H18N2. The zero-order chi connectivity index (χ0) is 10.3. The van der Waals surface area contributed by atoms with Crippen molar-refractivity contribution in [3.63, 3.8) is 0 Å². The van der Waals surface area contributed by atoms with Crippen LogP contribution in [0.25, 0.3) is 0 Å². The number of hydrogen-bond donors (Lipinski definition) is 1. The molecule has 1 aliphatic heterocycles. The molecule has 2 atom stereocenters. The van der Waals surface area contributed by atoms with Gasteiger partial charge in [0.05, 0.1) is 0 Å². The van der Waals surface area contributed by atoms with Crippen molar-refractivity contribution in [2.75, 3.05) is 7.05 Å². The van der Waals surface area contributed by atoms with Gasteiger partial charge in [0.2, 0.25) is 0 Å². The van der Waals surface area contributed by atoms with Crippen LogP contribution in [0.5, 0.6) is 0 Å². The van der Waals surface area contributed by atoms with Crippen LogP contribution in [0.15, 0.2) is 35.8 Å². The number of rotatable bonds is 1. The topological polar surface area (TPSA) is 29.3 Å². The van der Waals surface area contributed by atoms with Gasteiger partial charge in [-0.25, -0.2) is 0 Å². The summed E-state index contributed by atoms with van der Waals surface area (Å²) in [7, 11) is 2.08. The summed E-state index contributed by atoms with van der Waals surface area (Å²) in [5.41, 5.74) is 8.16. The van der Waals surface area contributed by atoms with E-state index in [1.54, 1.807) is 0 Å². The maximum absolute atomic E-state index is 5.91. The molecule has 0 fully saturated rings. The molecule has 0 spiro atoms. The van der Waals surface area contributed by atoms with E-state index in [-0.39, 0.29) is 0 Å². The molecule has 2 aliphatic rings.